The Labute approximate surface area is 74.3 Å². The monoisotopic (exact) mass is 194 g/mol. The van der Waals surface area contributed by atoms with E-state index in [1.54, 1.807) is 0 Å². The molecule has 0 aromatic rings. The first-order chi connectivity index (χ1) is 6.05. The van der Waals surface area contributed by atoms with E-state index < -0.39 is 19.1 Å². The van der Waals surface area contributed by atoms with Gasteiger partial charge in [0.1, 0.15) is 6.61 Å². The van der Waals surface area contributed by atoms with Gasteiger partial charge in [-0.2, -0.15) is 0 Å². The van der Waals surface area contributed by atoms with Gasteiger partial charge >= 0.3 is 0 Å². The Hall–Kier alpha value is -0.750. The zero-order chi connectivity index (χ0) is 9.90. The second-order valence-electron chi connectivity index (χ2n) is 3.09. The molecule has 1 aliphatic heterocycles. The average Bonchev–Trinajstić information content (AvgIpc) is 1.98. The van der Waals surface area contributed by atoms with E-state index in [1.807, 2.05) is 0 Å². The molecule has 3 N–H and O–H groups in total. The third kappa shape index (κ3) is 2.89. The van der Waals surface area contributed by atoms with Crippen molar-refractivity contribution >= 4 is 5.91 Å². The summed E-state index contributed by atoms with van der Waals surface area (Å²) in [5.41, 5.74) is 0. The van der Waals surface area contributed by atoms with Crippen LogP contribution in [0.5, 0.6) is 0 Å². The number of alkyl halides is 2. The van der Waals surface area contributed by atoms with E-state index >= 15 is 0 Å². The van der Waals surface area contributed by atoms with Crippen LogP contribution in [-0.4, -0.2) is 43.2 Å². The van der Waals surface area contributed by atoms with Crippen molar-refractivity contribution in [3.63, 3.8) is 0 Å². The van der Waals surface area contributed by atoms with Crippen LogP contribution in [0.2, 0.25) is 0 Å². The maximum Gasteiger partial charge on any atom is 0.287 e. The molecule has 1 aliphatic rings. The summed E-state index contributed by atoms with van der Waals surface area (Å²) in [6, 6.07) is 0. The van der Waals surface area contributed by atoms with E-state index in [1.165, 1.54) is 0 Å². The van der Waals surface area contributed by atoms with E-state index in [4.69, 9.17) is 5.11 Å². The molecule has 0 bridgehead atoms. The summed E-state index contributed by atoms with van der Waals surface area (Å²) < 4.78 is 24.8. The molecule has 0 aromatic heterocycles. The minimum atomic E-state index is -3.22. The van der Waals surface area contributed by atoms with Crippen molar-refractivity contribution in [1.29, 1.82) is 0 Å². The summed E-state index contributed by atoms with van der Waals surface area (Å²) in [5, 5.41) is 13.1. The van der Waals surface area contributed by atoms with E-state index in [9.17, 15) is 13.6 Å². The van der Waals surface area contributed by atoms with Crippen LogP contribution in [-0.2, 0) is 4.79 Å². The lowest BCUT2D eigenvalue weighted by atomic mass is 10.0. The smallest absolute Gasteiger partial charge is 0.287 e. The highest BCUT2D eigenvalue weighted by molar-refractivity contribution is 5.80. The van der Waals surface area contributed by atoms with Gasteiger partial charge in [0.05, 0.1) is 12.5 Å². The highest BCUT2D eigenvalue weighted by Gasteiger charge is 2.31. The van der Waals surface area contributed by atoms with Crippen molar-refractivity contribution in [3.05, 3.63) is 0 Å². The Bertz CT molecular complexity index is 195. The first kappa shape index (κ1) is 10.3. The van der Waals surface area contributed by atoms with Crippen molar-refractivity contribution in [2.75, 3.05) is 26.2 Å². The molecule has 1 rings (SSSR count). The summed E-state index contributed by atoms with van der Waals surface area (Å²) in [6.45, 7) is -0.956. The number of hydrogen-bond donors (Lipinski definition) is 3. The molecule has 4 nitrogen and oxygen atoms in total. The van der Waals surface area contributed by atoms with Crippen LogP contribution in [0.25, 0.3) is 0 Å². The second kappa shape index (κ2) is 3.97. The molecule has 1 amide bonds. The van der Waals surface area contributed by atoms with E-state index in [0.717, 1.165) is 0 Å². The molecule has 0 saturated carbocycles. The predicted octanol–water partition coefficient (Wildman–Crippen LogP) is -1.05. The Morgan fingerprint density at radius 3 is 2.62 bits per heavy atom. The van der Waals surface area contributed by atoms with Gasteiger partial charge in [-0.3, -0.25) is 4.79 Å². The number of rotatable bonds is 4. The highest BCUT2D eigenvalue weighted by Crippen LogP contribution is 2.10. The van der Waals surface area contributed by atoms with E-state index in [-0.39, 0.29) is 11.8 Å². The van der Waals surface area contributed by atoms with Crippen LogP contribution >= 0.6 is 0 Å². The first-order valence-electron chi connectivity index (χ1n) is 4.02. The Kier molecular flexibility index (Phi) is 3.16. The van der Waals surface area contributed by atoms with Crippen molar-refractivity contribution in [2.45, 2.75) is 5.92 Å². The average molecular weight is 194 g/mol. The van der Waals surface area contributed by atoms with Crippen LogP contribution in [0, 0.1) is 5.92 Å². The fraction of sp³-hybridized carbons (Fsp3) is 0.857. The number of carbonyl (C=O) groups excluding carboxylic acids is 1. The molecule has 1 saturated heterocycles. The second-order valence-corrected chi connectivity index (χ2v) is 3.09. The lowest BCUT2D eigenvalue weighted by Crippen LogP contribution is -2.52. The maximum absolute atomic E-state index is 12.4. The standard InChI is InChI=1S/C7H12F2N2O2/c8-7(9,4-12)3-11-6(13)5-1-10-2-5/h5,10,12H,1-4H2,(H,11,13). The predicted molar refractivity (Wildman–Crippen MR) is 41.4 cm³/mol. The minimum Gasteiger partial charge on any atom is -0.390 e. The van der Waals surface area contributed by atoms with Crippen LogP contribution in [0.3, 0.4) is 0 Å². The molecule has 0 unspecified atom stereocenters. The largest absolute Gasteiger partial charge is 0.390 e. The minimum absolute atomic E-state index is 0.200. The molecule has 0 radical (unpaired) electrons. The lowest BCUT2D eigenvalue weighted by Gasteiger charge is -2.26. The summed E-state index contributed by atoms with van der Waals surface area (Å²) >= 11 is 0. The molecule has 1 heterocycles. The van der Waals surface area contributed by atoms with Gasteiger partial charge in [0, 0.05) is 13.1 Å². The number of carbonyl (C=O) groups is 1. The van der Waals surface area contributed by atoms with Crippen molar-refractivity contribution in [3.8, 4) is 0 Å². The van der Waals surface area contributed by atoms with Gasteiger partial charge in [-0.15, -0.1) is 0 Å². The molecule has 0 aliphatic carbocycles. The fourth-order valence-electron chi connectivity index (χ4n) is 0.891. The molecule has 76 valence electrons. The van der Waals surface area contributed by atoms with Crippen LogP contribution < -0.4 is 10.6 Å². The molecule has 0 aromatic carbocycles. The van der Waals surface area contributed by atoms with Crippen molar-refractivity contribution < 1.29 is 18.7 Å². The van der Waals surface area contributed by atoms with Gasteiger partial charge in [-0.05, 0) is 0 Å². The Balaban J connectivity index is 2.21. The van der Waals surface area contributed by atoms with Gasteiger partial charge in [-0.1, -0.05) is 0 Å². The van der Waals surface area contributed by atoms with Gasteiger partial charge in [0.2, 0.25) is 5.91 Å². The normalized spacial score (nSPS) is 18.1. The number of aliphatic hydroxyl groups is 1. The molecular formula is C7H12F2N2O2. The molecule has 0 spiro atoms. The number of aliphatic hydroxyl groups excluding tert-OH is 1. The number of halogens is 2. The van der Waals surface area contributed by atoms with Gasteiger partial charge in [0.25, 0.3) is 5.92 Å². The van der Waals surface area contributed by atoms with Crippen LogP contribution in [0.15, 0.2) is 0 Å². The third-order valence-electron chi connectivity index (χ3n) is 1.90. The van der Waals surface area contributed by atoms with E-state index in [2.05, 4.69) is 10.6 Å². The van der Waals surface area contributed by atoms with Crippen LogP contribution in [0.4, 0.5) is 8.78 Å². The quantitative estimate of drug-likeness (QED) is 0.535. The zero-order valence-corrected chi connectivity index (χ0v) is 7.02. The maximum atomic E-state index is 12.4. The number of hydrogen-bond acceptors (Lipinski definition) is 3. The SMILES string of the molecule is O=C(NCC(F)(F)CO)C1CNC1. The molecule has 13 heavy (non-hydrogen) atoms. The van der Waals surface area contributed by atoms with Crippen LogP contribution in [0.1, 0.15) is 0 Å². The molecule has 6 heteroatoms. The number of amides is 1. The molecular weight excluding hydrogens is 182 g/mol. The van der Waals surface area contributed by atoms with Crippen molar-refractivity contribution in [2.24, 2.45) is 5.92 Å². The van der Waals surface area contributed by atoms with Crippen molar-refractivity contribution in [1.82, 2.24) is 10.6 Å². The molecule has 1 fully saturated rings. The topological polar surface area (TPSA) is 61.4 Å². The molecule has 0 atom stereocenters. The summed E-state index contributed by atoms with van der Waals surface area (Å²) in [5.74, 6) is -3.80. The Morgan fingerprint density at radius 1 is 1.62 bits per heavy atom. The van der Waals surface area contributed by atoms with Gasteiger partial charge in [-0.25, -0.2) is 8.78 Å². The fourth-order valence-corrected chi connectivity index (χ4v) is 0.891. The van der Waals surface area contributed by atoms with E-state index in [0.29, 0.717) is 13.1 Å². The summed E-state index contributed by atoms with van der Waals surface area (Å²) in [6.07, 6.45) is 0. The van der Waals surface area contributed by atoms with Gasteiger partial charge < -0.3 is 15.7 Å². The first-order valence-corrected chi connectivity index (χ1v) is 4.02. The number of nitrogens with one attached hydrogen (secondary N) is 2. The summed E-state index contributed by atoms with van der Waals surface area (Å²) in [4.78, 5) is 11.0. The lowest BCUT2D eigenvalue weighted by molar-refractivity contribution is -0.129. The summed E-state index contributed by atoms with van der Waals surface area (Å²) in [7, 11) is 0. The third-order valence-corrected chi connectivity index (χ3v) is 1.90. The van der Waals surface area contributed by atoms with Gasteiger partial charge in [0.15, 0.2) is 0 Å². The zero-order valence-electron chi connectivity index (χ0n) is 7.02. The Morgan fingerprint density at radius 2 is 2.23 bits per heavy atom. The highest BCUT2D eigenvalue weighted by atomic mass is 19.3.